The Kier molecular flexibility index (Phi) is 5.61. The summed E-state index contributed by atoms with van der Waals surface area (Å²) in [7, 11) is 0. The molecular weight excluding hydrogens is 387 g/mol. The third-order valence-electron chi connectivity index (χ3n) is 4.67. The molecule has 0 atom stereocenters. The average Bonchev–Trinajstić information content (AvgIpc) is 3.25. The van der Waals surface area contributed by atoms with Gasteiger partial charge in [-0.25, -0.2) is 4.39 Å². The first kappa shape index (κ1) is 19.4. The number of amides is 2. The Morgan fingerprint density at radius 2 is 1.27 bits per heavy atom. The maximum atomic E-state index is 12.9. The lowest BCUT2D eigenvalue weighted by Crippen LogP contribution is -2.24. The van der Waals surface area contributed by atoms with Gasteiger partial charge in [-0.3, -0.25) is 9.59 Å². The molecule has 1 aliphatic rings. The van der Waals surface area contributed by atoms with Crippen molar-refractivity contribution in [2.75, 3.05) is 6.79 Å². The van der Waals surface area contributed by atoms with Crippen LogP contribution in [0.3, 0.4) is 0 Å². The lowest BCUT2D eigenvalue weighted by atomic mass is 10.1. The molecule has 7 heteroatoms. The van der Waals surface area contributed by atoms with Gasteiger partial charge < -0.3 is 20.1 Å². The number of nitrogens with one attached hydrogen (secondary N) is 2. The Bertz CT molecular complexity index is 1070. The largest absolute Gasteiger partial charge is 0.454 e. The van der Waals surface area contributed by atoms with Crippen molar-refractivity contribution in [1.29, 1.82) is 0 Å². The predicted octanol–water partition coefficient (Wildman–Crippen LogP) is 3.41. The Balaban J connectivity index is 1.29. The molecule has 0 unspecified atom stereocenters. The highest BCUT2D eigenvalue weighted by Gasteiger charge is 2.16. The van der Waals surface area contributed by atoms with Gasteiger partial charge in [-0.2, -0.15) is 0 Å². The maximum Gasteiger partial charge on any atom is 0.251 e. The summed E-state index contributed by atoms with van der Waals surface area (Å²) in [5.41, 5.74) is 2.66. The normalized spacial score (nSPS) is 11.8. The molecule has 152 valence electrons. The molecule has 3 aromatic carbocycles. The Labute approximate surface area is 172 Å². The van der Waals surface area contributed by atoms with Crippen molar-refractivity contribution in [2.45, 2.75) is 13.1 Å². The summed E-state index contributed by atoms with van der Waals surface area (Å²) in [6, 6.07) is 18.0. The van der Waals surface area contributed by atoms with Gasteiger partial charge in [0.15, 0.2) is 11.5 Å². The van der Waals surface area contributed by atoms with Crippen LogP contribution in [-0.2, 0) is 13.1 Å². The fraction of sp³-hybridized carbons (Fsp3) is 0.130. The van der Waals surface area contributed by atoms with E-state index in [0.29, 0.717) is 35.7 Å². The Morgan fingerprint density at radius 3 is 1.93 bits per heavy atom. The fourth-order valence-corrected chi connectivity index (χ4v) is 2.98. The second-order valence-corrected chi connectivity index (χ2v) is 6.76. The van der Waals surface area contributed by atoms with Gasteiger partial charge in [-0.15, -0.1) is 0 Å². The van der Waals surface area contributed by atoms with Gasteiger partial charge in [0.1, 0.15) is 5.82 Å². The number of hydrogen-bond acceptors (Lipinski definition) is 4. The van der Waals surface area contributed by atoms with E-state index < -0.39 is 0 Å². The summed E-state index contributed by atoms with van der Waals surface area (Å²) in [6.45, 7) is 0.793. The Hall–Kier alpha value is -3.87. The highest BCUT2D eigenvalue weighted by molar-refractivity contribution is 5.95. The summed E-state index contributed by atoms with van der Waals surface area (Å²) in [4.78, 5) is 24.6. The lowest BCUT2D eigenvalue weighted by Gasteiger charge is -2.08. The van der Waals surface area contributed by atoms with E-state index in [4.69, 9.17) is 9.47 Å². The minimum Gasteiger partial charge on any atom is -0.454 e. The van der Waals surface area contributed by atoms with Crippen molar-refractivity contribution in [1.82, 2.24) is 10.6 Å². The van der Waals surface area contributed by atoms with Gasteiger partial charge >= 0.3 is 0 Å². The second-order valence-electron chi connectivity index (χ2n) is 6.76. The van der Waals surface area contributed by atoms with E-state index in [9.17, 15) is 14.0 Å². The molecular formula is C23H19FN2O4. The second kappa shape index (κ2) is 8.65. The minimum absolute atomic E-state index is 0.157. The van der Waals surface area contributed by atoms with Crippen molar-refractivity contribution in [3.05, 3.63) is 94.8 Å². The highest BCUT2D eigenvalue weighted by Crippen LogP contribution is 2.32. The van der Waals surface area contributed by atoms with Crippen LogP contribution in [0.2, 0.25) is 0 Å². The van der Waals surface area contributed by atoms with Gasteiger partial charge in [0, 0.05) is 24.2 Å². The number of carbonyl (C=O) groups is 2. The van der Waals surface area contributed by atoms with E-state index in [1.165, 1.54) is 12.1 Å². The maximum absolute atomic E-state index is 12.9. The standard InChI is InChI=1S/C23H19FN2O4/c24-19-8-3-16(4-9-19)13-25-22(27)17-5-1-15(2-6-17)12-26-23(28)18-7-10-20-21(11-18)30-14-29-20/h1-11H,12-14H2,(H,25,27)(H,26,28). The molecule has 1 heterocycles. The molecule has 0 saturated carbocycles. The SMILES string of the molecule is O=C(NCc1ccc(F)cc1)c1ccc(CNC(=O)c2ccc3c(c2)OCO3)cc1. The highest BCUT2D eigenvalue weighted by atomic mass is 19.1. The number of carbonyl (C=O) groups excluding carboxylic acids is 2. The molecule has 1 aliphatic heterocycles. The summed E-state index contributed by atoms with van der Waals surface area (Å²) >= 11 is 0. The van der Waals surface area contributed by atoms with Crippen LogP contribution < -0.4 is 20.1 Å². The number of ether oxygens (including phenoxy) is 2. The van der Waals surface area contributed by atoms with Crippen molar-refractivity contribution in [3.8, 4) is 11.5 Å². The number of fused-ring (bicyclic) bond motifs is 1. The quantitative estimate of drug-likeness (QED) is 0.658. The molecule has 0 saturated heterocycles. The number of hydrogen-bond donors (Lipinski definition) is 2. The van der Waals surface area contributed by atoms with Crippen molar-refractivity contribution in [3.63, 3.8) is 0 Å². The molecule has 0 aromatic heterocycles. The van der Waals surface area contributed by atoms with Crippen LogP contribution in [0.4, 0.5) is 4.39 Å². The van der Waals surface area contributed by atoms with E-state index in [-0.39, 0.29) is 24.4 Å². The van der Waals surface area contributed by atoms with Gasteiger partial charge in [0.05, 0.1) is 0 Å². The zero-order chi connectivity index (χ0) is 20.9. The molecule has 0 radical (unpaired) electrons. The molecule has 3 aromatic rings. The fourth-order valence-electron chi connectivity index (χ4n) is 2.98. The van der Waals surface area contributed by atoms with Gasteiger partial charge in [-0.05, 0) is 53.6 Å². The zero-order valence-electron chi connectivity index (χ0n) is 16.0. The number of halogens is 1. The van der Waals surface area contributed by atoms with E-state index in [2.05, 4.69) is 10.6 Å². The lowest BCUT2D eigenvalue weighted by molar-refractivity contribution is 0.0941. The Morgan fingerprint density at radius 1 is 0.733 bits per heavy atom. The van der Waals surface area contributed by atoms with Crippen LogP contribution in [0.1, 0.15) is 31.8 Å². The van der Waals surface area contributed by atoms with E-state index in [1.54, 1.807) is 54.6 Å². The minimum atomic E-state index is -0.314. The summed E-state index contributed by atoms with van der Waals surface area (Å²) in [6.07, 6.45) is 0. The summed E-state index contributed by atoms with van der Waals surface area (Å²) in [5, 5.41) is 5.63. The molecule has 30 heavy (non-hydrogen) atoms. The number of benzene rings is 3. The molecule has 0 spiro atoms. The smallest absolute Gasteiger partial charge is 0.251 e. The first-order chi connectivity index (χ1) is 14.6. The molecule has 6 nitrogen and oxygen atoms in total. The van der Waals surface area contributed by atoms with Gasteiger partial charge in [0.25, 0.3) is 11.8 Å². The predicted molar refractivity (Wildman–Crippen MR) is 108 cm³/mol. The van der Waals surface area contributed by atoms with Crippen molar-refractivity contribution >= 4 is 11.8 Å². The first-order valence-electron chi connectivity index (χ1n) is 9.38. The van der Waals surface area contributed by atoms with Crippen LogP contribution >= 0.6 is 0 Å². The van der Waals surface area contributed by atoms with Crippen LogP contribution in [0, 0.1) is 5.82 Å². The number of rotatable bonds is 6. The summed E-state index contributed by atoms with van der Waals surface area (Å²) in [5.74, 6) is 0.412. The van der Waals surface area contributed by atoms with Crippen molar-refractivity contribution < 1.29 is 23.5 Å². The zero-order valence-corrected chi connectivity index (χ0v) is 16.0. The third kappa shape index (κ3) is 4.57. The van der Waals surface area contributed by atoms with E-state index >= 15 is 0 Å². The van der Waals surface area contributed by atoms with Crippen LogP contribution in [0.25, 0.3) is 0 Å². The van der Waals surface area contributed by atoms with Crippen molar-refractivity contribution in [2.24, 2.45) is 0 Å². The molecule has 2 amide bonds. The van der Waals surface area contributed by atoms with E-state index in [0.717, 1.165) is 11.1 Å². The summed E-state index contributed by atoms with van der Waals surface area (Å²) < 4.78 is 23.4. The van der Waals surface area contributed by atoms with Crippen LogP contribution in [0.15, 0.2) is 66.7 Å². The average molecular weight is 406 g/mol. The monoisotopic (exact) mass is 406 g/mol. The molecule has 0 bridgehead atoms. The topological polar surface area (TPSA) is 76.7 Å². The van der Waals surface area contributed by atoms with Gasteiger partial charge in [0.2, 0.25) is 6.79 Å². The van der Waals surface area contributed by atoms with Crippen LogP contribution in [0.5, 0.6) is 11.5 Å². The molecule has 0 fully saturated rings. The first-order valence-corrected chi connectivity index (χ1v) is 9.38. The van der Waals surface area contributed by atoms with Crippen LogP contribution in [-0.4, -0.2) is 18.6 Å². The molecule has 4 rings (SSSR count). The molecule has 2 N–H and O–H groups in total. The van der Waals surface area contributed by atoms with Gasteiger partial charge in [-0.1, -0.05) is 24.3 Å². The van der Waals surface area contributed by atoms with E-state index in [1.807, 2.05) is 0 Å². The third-order valence-corrected chi connectivity index (χ3v) is 4.67. The molecule has 0 aliphatic carbocycles.